The summed E-state index contributed by atoms with van der Waals surface area (Å²) in [6.45, 7) is 9.45. The molecule has 0 aromatic rings. The van der Waals surface area contributed by atoms with Crippen LogP contribution in [0.5, 0.6) is 0 Å². The van der Waals surface area contributed by atoms with Crippen molar-refractivity contribution in [2.45, 2.75) is 39.8 Å². The van der Waals surface area contributed by atoms with E-state index in [2.05, 4.69) is 32.6 Å². The molecule has 0 unspecified atom stereocenters. The van der Waals surface area contributed by atoms with Crippen LogP contribution in [0, 0.1) is 0 Å². The summed E-state index contributed by atoms with van der Waals surface area (Å²) < 4.78 is 5.05. The fourth-order valence-corrected chi connectivity index (χ4v) is 1.04. The molecule has 2 heteroatoms. The maximum Gasteiger partial charge on any atom is 0.0990 e. The normalized spacial score (nSPS) is 12.0. The molecule has 0 spiro atoms. The van der Waals surface area contributed by atoms with Gasteiger partial charge in [-0.2, -0.15) is 0 Å². The SMILES string of the molecule is COCN(C(C)C)C(C)C. The Labute approximate surface area is 64.2 Å². The van der Waals surface area contributed by atoms with Gasteiger partial charge < -0.3 is 4.74 Å². The molecule has 0 aliphatic carbocycles. The van der Waals surface area contributed by atoms with Gasteiger partial charge in [-0.25, -0.2) is 0 Å². The minimum atomic E-state index is 0.569. The third-order valence-electron chi connectivity index (χ3n) is 1.60. The molecule has 0 aliphatic heterocycles. The molecule has 0 amide bonds. The summed E-state index contributed by atoms with van der Waals surface area (Å²) in [7, 11) is 1.73. The van der Waals surface area contributed by atoms with E-state index in [1.807, 2.05) is 0 Å². The number of methoxy groups -OCH3 is 1. The molecule has 0 atom stereocenters. The Hall–Kier alpha value is -0.0800. The molecule has 0 aromatic carbocycles. The Bertz CT molecular complexity index is 73.3. The second-order valence-electron chi connectivity index (χ2n) is 3.12. The lowest BCUT2D eigenvalue weighted by molar-refractivity contribution is 0.0215. The van der Waals surface area contributed by atoms with Gasteiger partial charge in [-0.1, -0.05) is 0 Å². The standard InChI is InChI=1S/C8H19NO/c1-7(2)9(6-10-5)8(3)4/h7-8H,6H2,1-5H3. The first-order valence-electron chi connectivity index (χ1n) is 3.84. The number of ether oxygens (including phenoxy) is 1. The fraction of sp³-hybridized carbons (Fsp3) is 1.00. The van der Waals surface area contributed by atoms with E-state index >= 15 is 0 Å². The van der Waals surface area contributed by atoms with E-state index < -0.39 is 0 Å². The van der Waals surface area contributed by atoms with Gasteiger partial charge in [-0.15, -0.1) is 0 Å². The van der Waals surface area contributed by atoms with Crippen LogP contribution in [0.15, 0.2) is 0 Å². The van der Waals surface area contributed by atoms with Crippen LogP contribution < -0.4 is 0 Å². The van der Waals surface area contributed by atoms with E-state index in [-0.39, 0.29) is 0 Å². The Morgan fingerprint density at radius 1 is 1.10 bits per heavy atom. The summed E-state index contributed by atoms with van der Waals surface area (Å²) in [5, 5.41) is 0. The zero-order chi connectivity index (χ0) is 8.15. The van der Waals surface area contributed by atoms with Crippen molar-refractivity contribution in [1.82, 2.24) is 4.90 Å². The van der Waals surface area contributed by atoms with Crippen molar-refractivity contribution in [3.8, 4) is 0 Å². The van der Waals surface area contributed by atoms with E-state index in [0.717, 1.165) is 6.73 Å². The number of rotatable bonds is 4. The molecule has 0 aliphatic rings. The zero-order valence-electron chi connectivity index (χ0n) is 7.72. The van der Waals surface area contributed by atoms with Crippen LogP contribution in [0.3, 0.4) is 0 Å². The van der Waals surface area contributed by atoms with E-state index in [4.69, 9.17) is 4.74 Å². The molecule has 0 rings (SSSR count). The highest BCUT2D eigenvalue weighted by molar-refractivity contribution is 4.62. The highest BCUT2D eigenvalue weighted by Crippen LogP contribution is 2.03. The lowest BCUT2D eigenvalue weighted by Crippen LogP contribution is -2.38. The van der Waals surface area contributed by atoms with Crippen LogP contribution in [-0.4, -0.2) is 30.8 Å². The molecule has 0 N–H and O–H groups in total. The zero-order valence-corrected chi connectivity index (χ0v) is 7.72. The minimum absolute atomic E-state index is 0.569. The van der Waals surface area contributed by atoms with Gasteiger partial charge in [0.2, 0.25) is 0 Å². The predicted molar refractivity (Wildman–Crippen MR) is 44.0 cm³/mol. The second kappa shape index (κ2) is 4.69. The van der Waals surface area contributed by atoms with Gasteiger partial charge in [-0.3, -0.25) is 4.90 Å². The number of hydrogen-bond donors (Lipinski definition) is 0. The quantitative estimate of drug-likeness (QED) is 0.558. The van der Waals surface area contributed by atoms with E-state index in [1.165, 1.54) is 0 Å². The molecule has 10 heavy (non-hydrogen) atoms. The van der Waals surface area contributed by atoms with Crippen LogP contribution in [0.2, 0.25) is 0 Å². The molecule has 0 heterocycles. The largest absolute Gasteiger partial charge is 0.369 e. The summed E-state index contributed by atoms with van der Waals surface area (Å²) in [4.78, 5) is 2.29. The Morgan fingerprint density at radius 3 is 1.60 bits per heavy atom. The molecule has 62 valence electrons. The molecular weight excluding hydrogens is 126 g/mol. The summed E-state index contributed by atoms with van der Waals surface area (Å²) in [6, 6.07) is 1.14. The first-order chi connectivity index (χ1) is 4.59. The van der Waals surface area contributed by atoms with Crippen molar-refractivity contribution in [3.63, 3.8) is 0 Å². The van der Waals surface area contributed by atoms with Crippen LogP contribution in [0.25, 0.3) is 0 Å². The van der Waals surface area contributed by atoms with Gasteiger partial charge in [0.15, 0.2) is 0 Å². The molecule has 0 radical (unpaired) electrons. The summed E-state index contributed by atoms with van der Waals surface area (Å²) >= 11 is 0. The summed E-state index contributed by atoms with van der Waals surface area (Å²) in [5.74, 6) is 0. The van der Waals surface area contributed by atoms with Crippen molar-refractivity contribution in [3.05, 3.63) is 0 Å². The highest BCUT2D eigenvalue weighted by Gasteiger charge is 2.11. The van der Waals surface area contributed by atoms with Gasteiger partial charge >= 0.3 is 0 Å². The van der Waals surface area contributed by atoms with Crippen molar-refractivity contribution in [2.24, 2.45) is 0 Å². The molecule has 2 nitrogen and oxygen atoms in total. The van der Waals surface area contributed by atoms with E-state index in [1.54, 1.807) is 7.11 Å². The van der Waals surface area contributed by atoms with Crippen LogP contribution in [-0.2, 0) is 4.74 Å². The fourth-order valence-electron chi connectivity index (χ4n) is 1.04. The van der Waals surface area contributed by atoms with Crippen LogP contribution in [0.1, 0.15) is 27.7 Å². The molecule has 0 bridgehead atoms. The average molecular weight is 145 g/mol. The van der Waals surface area contributed by atoms with Crippen LogP contribution in [0.4, 0.5) is 0 Å². The lowest BCUT2D eigenvalue weighted by Gasteiger charge is -2.29. The topological polar surface area (TPSA) is 12.5 Å². The molecule has 0 saturated carbocycles. The maximum atomic E-state index is 5.05. The van der Waals surface area contributed by atoms with Gasteiger partial charge in [0.1, 0.15) is 0 Å². The average Bonchev–Trinajstić information content (AvgIpc) is 1.81. The van der Waals surface area contributed by atoms with Crippen molar-refractivity contribution in [1.29, 1.82) is 0 Å². The number of nitrogens with zero attached hydrogens (tertiary/aromatic N) is 1. The van der Waals surface area contributed by atoms with Crippen molar-refractivity contribution >= 4 is 0 Å². The van der Waals surface area contributed by atoms with E-state index in [9.17, 15) is 0 Å². The smallest absolute Gasteiger partial charge is 0.0990 e. The molecular formula is C8H19NO. The Morgan fingerprint density at radius 2 is 1.50 bits per heavy atom. The number of hydrogen-bond acceptors (Lipinski definition) is 2. The minimum Gasteiger partial charge on any atom is -0.369 e. The van der Waals surface area contributed by atoms with Crippen molar-refractivity contribution in [2.75, 3.05) is 13.8 Å². The summed E-state index contributed by atoms with van der Waals surface area (Å²) in [6.07, 6.45) is 0. The highest BCUT2D eigenvalue weighted by atomic mass is 16.5. The first kappa shape index (κ1) is 9.92. The predicted octanol–water partition coefficient (Wildman–Crippen LogP) is 1.71. The second-order valence-corrected chi connectivity index (χ2v) is 3.12. The van der Waals surface area contributed by atoms with Gasteiger partial charge in [0.05, 0.1) is 6.73 Å². The lowest BCUT2D eigenvalue weighted by atomic mass is 10.2. The molecule has 0 fully saturated rings. The van der Waals surface area contributed by atoms with Gasteiger partial charge in [0, 0.05) is 19.2 Å². The Balaban J connectivity index is 3.73. The molecule has 0 aromatic heterocycles. The van der Waals surface area contributed by atoms with Gasteiger partial charge in [0.25, 0.3) is 0 Å². The third kappa shape index (κ3) is 3.18. The van der Waals surface area contributed by atoms with Crippen molar-refractivity contribution < 1.29 is 4.74 Å². The summed E-state index contributed by atoms with van der Waals surface area (Å²) in [5.41, 5.74) is 0. The Kier molecular flexibility index (Phi) is 4.65. The maximum absolute atomic E-state index is 5.05. The van der Waals surface area contributed by atoms with Crippen LogP contribution >= 0.6 is 0 Å². The molecule has 0 saturated heterocycles. The first-order valence-corrected chi connectivity index (χ1v) is 3.84. The van der Waals surface area contributed by atoms with Gasteiger partial charge in [-0.05, 0) is 27.7 Å². The third-order valence-corrected chi connectivity index (χ3v) is 1.60. The monoisotopic (exact) mass is 145 g/mol. The van der Waals surface area contributed by atoms with E-state index in [0.29, 0.717) is 12.1 Å².